The summed E-state index contributed by atoms with van der Waals surface area (Å²) >= 11 is 3.48. The molecule has 0 spiro atoms. The number of aromatic nitrogens is 2. The second kappa shape index (κ2) is 7.59. The van der Waals surface area contributed by atoms with Gasteiger partial charge in [-0.05, 0) is 41.9 Å². The van der Waals surface area contributed by atoms with Crippen LogP contribution in [0.2, 0.25) is 0 Å². The molecule has 8 heteroatoms. The molecule has 0 radical (unpaired) electrons. The van der Waals surface area contributed by atoms with Gasteiger partial charge in [0.2, 0.25) is 5.88 Å². The Morgan fingerprint density at radius 1 is 1.30 bits per heavy atom. The smallest absolute Gasteiger partial charge is 0.257 e. The van der Waals surface area contributed by atoms with Crippen molar-refractivity contribution in [3.63, 3.8) is 0 Å². The Kier molecular flexibility index (Phi) is 5.19. The van der Waals surface area contributed by atoms with E-state index >= 15 is 0 Å². The summed E-state index contributed by atoms with van der Waals surface area (Å²) in [5.41, 5.74) is 1.26. The van der Waals surface area contributed by atoms with Gasteiger partial charge in [0.05, 0.1) is 10.2 Å². The summed E-state index contributed by atoms with van der Waals surface area (Å²) in [6.07, 6.45) is 0.833. The molecular weight excluding hydrogens is 417 g/mol. The lowest BCUT2D eigenvalue weighted by Crippen LogP contribution is -2.29. The number of halogens is 2. The Labute approximate surface area is 165 Å². The van der Waals surface area contributed by atoms with Crippen molar-refractivity contribution in [3.05, 3.63) is 39.9 Å². The molecule has 0 saturated carbocycles. The van der Waals surface area contributed by atoms with Crippen molar-refractivity contribution in [1.29, 1.82) is 0 Å². The Bertz CT molecular complexity index is 851. The third-order valence-corrected chi connectivity index (χ3v) is 5.41. The maximum absolute atomic E-state index is 14.4. The first-order valence-corrected chi connectivity index (χ1v) is 9.78. The number of nitrogens with zero attached hydrogens (tertiary/aromatic N) is 3. The van der Waals surface area contributed by atoms with Crippen LogP contribution in [-0.4, -0.2) is 46.8 Å². The Balaban J connectivity index is 1.45. The summed E-state index contributed by atoms with van der Waals surface area (Å²) in [7, 11) is 0. The van der Waals surface area contributed by atoms with Crippen LogP contribution in [0, 0.1) is 12.7 Å². The van der Waals surface area contributed by atoms with Gasteiger partial charge < -0.3 is 14.2 Å². The van der Waals surface area contributed by atoms with E-state index in [1.807, 2.05) is 19.1 Å². The maximum Gasteiger partial charge on any atom is 0.257 e. The molecule has 6 nitrogen and oxygen atoms in total. The highest BCUT2D eigenvalue weighted by Crippen LogP contribution is 2.32. The van der Waals surface area contributed by atoms with Crippen molar-refractivity contribution < 1.29 is 18.6 Å². The second-order valence-corrected chi connectivity index (χ2v) is 7.77. The Hall–Kier alpha value is -1.93. The van der Waals surface area contributed by atoms with E-state index in [1.54, 1.807) is 0 Å². The van der Waals surface area contributed by atoms with Gasteiger partial charge in [-0.2, -0.15) is 0 Å². The topological polar surface area (TPSA) is 56.7 Å². The van der Waals surface area contributed by atoms with Gasteiger partial charge in [0.15, 0.2) is 5.75 Å². The van der Waals surface area contributed by atoms with Gasteiger partial charge in [-0.15, -0.1) is 0 Å². The van der Waals surface area contributed by atoms with Crippen LogP contribution in [0.15, 0.2) is 22.7 Å². The van der Waals surface area contributed by atoms with Crippen LogP contribution in [0.25, 0.3) is 0 Å². The number of ether oxygens (including phenoxy) is 3. The first kappa shape index (κ1) is 18.4. The van der Waals surface area contributed by atoms with Gasteiger partial charge >= 0.3 is 0 Å². The summed E-state index contributed by atoms with van der Waals surface area (Å²) in [5.74, 6) is 0.954. The minimum atomic E-state index is -0.376. The standard InChI is InChI=1S/C19H21BrFN3O3/c1-11-3-4-14(20)18(22-11)27-13-7-12(2)24(9-13)10-16-15(21)8-17-19(23-16)26-6-5-25-17/h3-4,8,12-13H,5-7,9-10H2,1-2H3/t12-,13+/m0/s1. The monoisotopic (exact) mass is 437 g/mol. The highest BCUT2D eigenvalue weighted by Gasteiger charge is 2.32. The molecule has 27 heavy (non-hydrogen) atoms. The lowest BCUT2D eigenvalue weighted by atomic mass is 10.2. The fraction of sp³-hybridized carbons (Fsp3) is 0.474. The van der Waals surface area contributed by atoms with E-state index in [4.69, 9.17) is 14.2 Å². The molecule has 0 aromatic carbocycles. The number of aryl methyl sites for hydroxylation is 1. The lowest BCUT2D eigenvalue weighted by Gasteiger charge is -2.22. The Morgan fingerprint density at radius 2 is 2.11 bits per heavy atom. The maximum atomic E-state index is 14.4. The summed E-state index contributed by atoms with van der Waals surface area (Å²) in [6, 6.07) is 5.46. The van der Waals surface area contributed by atoms with Crippen molar-refractivity contribution in [2.45, 2.75) is 39.0 Å². The molecule has 2 aromatic heterocycles. The fourth-order valence-corrected chi connectivity index (χ4v) is 3.71. The zero-order chi connectivity index (χ0) is 19.0. The van der Waals surface area contributed by atoms with Gasteiger partial charge in [-0.3, -0.25) is 4.90 Å². The molecule has 0 amide bonds. The second-order valence-electron chi connectivity index (χ2n) is 6.91. The normalized spacial score (nSPS) is 22.1. The van der Waals surface area contributed by atoms with E-state index in [0.29, 0.717) is 49.5 Å². The third kappa shape index (κ3) is 4.01. The molecule has 2 aliphatic heterocycles. The van der Waals surface area contributed by atoms with Crippen LogP contribution < -0.4 is 14.2 Å². The summed E-state index contributed by atoms with van der Waals surface area (Å²) < 4.78 is 32.2. The Morgan fingerprint density at radius 3 is 2.96 bits per heavy atom. The zero-order valence-corrected chi connectivity index (χ0v) is 16.8. The number of hydrogen-bond donors (Lipinski definition) is 0. The van der Waals surface area contributed by atoms with E-state index in [9.17, 15) is 4.39 Å². The summed E-state index contributed by atoms with van der Waals surface area (Å²) in [4.78, 5) is 10.9. The van der Waals surface area contributed by atoms with Crippen molar-refractivity contribution in [2.24, 2.45) is 0 Å². The minimum Gasteiger partial charge on any atom is -0.484 e. The first-order valence-electron chi connectivity index (χ1n) is 8.98. The molecule has 2 aromatic rings. The van der Waals surface area contributed by atoms with Crippen molar-refractivity contribution in [3.8, 4) is 17.5 Å². The van der Waals surface area contributed by atoms with E-state index in [2.05, 4.69) is 37.7 Å². The first-order chi connectivity index (χ1) is 13.0. The van der Waals surface area contributed by atoms with E-state index in [0.717, 1.165) is 16.6 Å². The van der Waals surface area contributed by atoms with Crippen LogP contribution in [0.3, 0.4) is 0 Å². The van der Waals surface area contributed by atoms with Crippen molar-refractivity contribution >= 4 is 15.9 Å². The summed E-state index contributed by atoms with van der Waals surface area (Å²) in [6.45, 7) is 5.96. The number of fused-ring (bicyclic) bond motifs is 1. The number of likely N-dealkylation sites (tertiary alicyclic amines) is 1. The van der Waals surface area contributed by atoms with Gasteiger partial charge in [0.25, 0.3) is 5.88 Å². The number of hydrogen-bond acceptors (Lipinski definition) is 6. The van der Waals surface area contributed by atoms with Crippen molar-refractivity contribution in [2.75, 3.05) is 19.8 Å². The van der Waals surface area contributed by atoms with Crippen LogP contribution >= 0.6 is 15.9 Å². The average Bonchev–Trinajstić information content (AvgIpc) is 2.98. The van der Waals surface area contributed by atoms with Gasteiger partial charge in [-0.1, -0.05) is 0 Å². The quantitative estimate of drug-likeness (QED) is 0.729. The number of rotatable bonds is 4. The van der Waals surface area contributed by atoms with Crippen molar-refractivity contribution in [1.82, 2.24) is 14.9 Å². The predicted molar refractivity (Wildman–Crippen MR) is 101 cm³/mol. The molecule has 2 atom stereocenters. The molecule has 2 aliphatic rings. The SMILES string of the molecule is Cc1ccc(Br)c(O[C@@H]2C[C@H](C)N(Cc3nc4c(cc3F)OCCO4)C2)n1. The largest absolute Gasteiger partial charge is 0.484 e. The van der Waals surface area contributed by atoms with Crippen LogP contribution in [0.4, 0.5) is 4.39 Å². The molecule has 4 heterocycles. The van der Waals surface area contributed by atoms with Crippen LogP contribution in [0.5, 0.6) is 17.5 Å². The van der Waals surface area contributed by atoms with Gasteiger partial charge in [0.1, 0.15) is 25.1 Å². The van der Waals surface area contributed by atoms with E-state index in [-0.39, 0.29) is 18.0 Å². The minimum absolute atomic E-state index is 0.00845. The highest BCUT2D eigenvalue weighted by molar-refractivity contribution is 9.10. The van der Waals surface area contributed by atoms with Gasteiger partial charge in [-0.25, -0.2) is 14.4 Å². The predicted octanol–water partition coefficient (Wildman–Crippen LogP) is 3.50. The molecule has 144 valence electrons. The third-order valence-electron chi connectivity index (χ3n) is 4.81. The molecule has 0 bridgehead atoms. The molecular formula is C19H21BrFN3O3. The number of pyridine rings is 2. The van der Waals surface area contributed by atoms with Crippen LogP contribution in [0.1, 0.15) is 24.7 Å². The summed E-state index contributed by atoms with van der Waals surface area (Å²) in [5, 5.41) is 0. The molecule has 0 N–H and O–H groups in total. The molecule has 0 aliphatic carbocycles. The van der Waals surface area contributed by atoms with Gasteiger partial charge in [0, 0.05) is 37.3 Å². The zero-order valence-electron chi connectivity index (χ0n) is 15.2. The average molecular weight is 438 g/mol. The lowest BCUT2D eigenvalue weighted by molar-refractivity contribution is 0.160. The van der Waals surface area contributed by atoms with E-state index in [1.165, 1.54) is 6.07 Å². The van der Waals surface area contributed by atoms with Crippen LogP contribution in [-0.2, 0) is 6.54 Å². The molecule has 4 rings (SSSR count). The molecule has 0 unspecified atom stereocenters. The van der Waals surface area contributed by atoms with E-state index < -0.39 is 0 Å². The fourth-order valence-electron chi connectivity index (χ4n) is 3.40. The molecule has 1 saturated heterocycles. The molecule has 1 fully saturated rings. The highest BCUT2D eigenvalue weighted by atomic mass is 79.9.